The number of hydrogen-bond acceptors (Lipinski definition) is 7. The van der Waals surface area contributed by atoms with E-state index in [1.165, 1.54) is 12.8 Å². The Labute approximate surface area is 190 Å². The van der Waals surface area contributed by atoms with Crippen LogP contribution in [0.1, 0.15) is 44.2 Å². The molecule has 1 atom stereocenters. The smallest absolute Gasteiger partial charge is 0.250 e. The van der Waals surface area contributed by atoms with Gasteiger partial charge in [0.1, 0.15) is 11.2 Å². The summed E-state index contributed by atoms with van der Waals surface area (Å²) < 4.78 is 1.89. The van der Waals surface area contributed by atoms with Crippen molar-refractivity contribution < 1.29 is 4.79 Å². The summed E-state index contributed by atoms with van der Waals surface area (Å²) >= 11 is 0. The number of aromatic amines is 1. The van der Waals surface area contributed by atoms with Crippen molar-refractivity contribution in [3.8, 4) is 0 Å². The highest BCUT2D eigenvalue weighted by Crippen LogP contribution is 2.40. The third kappa shape index (κ3) is 3.57. The molecule has 33 heavy (non-hydrogen) atoms. The van der Waals surface area contributed by atoms with Crippen molar-refractivity contribution in [2.45, 2.75) is 44.1 Å². The molecule has 1 saturated heterocycles. The Kier molecular flexibility index (Phi) is 4.53. The molecule has 1 saturated carbocycles. The van der Waals surface area contributed by atoms with Gasteiger partial charge in [-0.3, -0.25) is 19.3 Å². The second-order valence-corrected chi connectivity index (χ2v) is 8.91. The van der Waals surface area contributed by atoms with Gasteiger partial charge in [0.05, 0.1) is 0 Å². The van der Waals surface area contributed by atoms with Gasteiger partial charge in [-0.05, 0) is 56.9 Å². The molecule has 2 fully saturated rings. The number of carbonyl (C=O) groups is 1. The fourth-order valence-corrected chi connectivity index (χ4v) is 4.47. The Morgan fingerprint density at radius 2 is 2.06 bits per heavy atom. The average Bonchev–Trinajstić information content (AvgIpc) is 3.20. The van der Waals surface area contributed by atoms with Crippen LogP contribution in [0.15, 0.2) is 48.9 Å². The van der Waals surface area contributed by atoms with Gasteiger partial charge in [0.15, 0.2) is 5.82 Å². The summed E-state index contributed by atoms with van der Waals surface area (Å²) in [5.41, 5.74) is 1.86. The van der Waals surface area contributed by atoms with Crippen LogP contribution in [0, 0.1) is 0 Å². The number of amides is 1. The number of aromatic nitrogens is 6. The Morgan fingerprint density at radius 3 is 2.88 bits per heavy atom. The number of H-pyrrole nitrogens is 1. The lowest BCUT2D eigenvalue weighted by Crippen LogP contribution is -2.51. The summed E-state index contributed by atoms with van der Waals surface area (Å²) in [6.07, 6.45) is 9.24. The number of rotatable bonds is 6. The Morgan fingerprint density at radius 1 is 1.21 bits per heavy atom. The summed E-state index contributed by atoms with van der Waals surface area (Å²) in [7, 11) is 0. The minimum Gasteiger partial charge on any atom is -0.326 e. The maximum absolute atomic E-state index is 13.3. The molecule has 168 valence electrons. The highest BCUT2D eigenvalue weighted by molar-refractivity contribution is 6.00. The summed E-state index contributed by atoms with van der Waals surface area (Å²) in [6.45, 7) is 2.65. The van der Waals surface area contributed by atoms with Gasteiger partial charge >= 0.3 is 0 Å². The number of nitrogens with one attached hydrogen (secondary N) is 3. The van der Waals surface area contributed by atoms with Gasteiger partial charge in [0.25, 0.3) is 0 Å². The first-order valence-electron chi connectivity index (χ1n) is 11.3. The highest BCUT2D eigenvalue weighted by atomic mass is 16.2. The fraction of sp³-hybridized carbons (Fsp3) is 0.348. The maximum atomic E-state index is 13.3. The zero-order valence-electron chi connectivity index (χ0n) is 18.3. The van der Waals surface area contributed by atoms with Crippen LogP contribution in [0.2, 0.25) is 0 Å². The van der Waals surface area contributed by atoms with E-state index in [1.807, 2.05) is 40.6 Å². The minimum atomic E-state index is -0.767. The standard InChI is InChI=1S/C23H25N9O/c1-23(20(33)25-16-7-10-24-11-8-16)9-3-13-32(23)22-27-19-4-2-12-31(19)21(28-22)26-18-14-17(29-30-18)15-5-6-15/h2,4,7-8,10-12,14-15H,3,5-6,9,13H2,1H3,(H,24,25,33)(H2,26,27,28,29,30)/t23-/m0/s1. The van der Waals surface area contributed by atoms with Crippen LogP contribution in [0.3, 0.4) is 0 Å². The molecule has 3 N–H and O–H groups in total. The van der Waals surface area contributed by atoms with Crippen molar-refractivity contribution in [3.05, 3.63) is 54.6 Å². The van der Waals surface area contributed by atoms with Crippen molar-refractivity contribution in [2.75, 3.05) is 22.1 Å². The van der Waals surface area contributed by atoms with Crippen LogP contribution in [0.25, 0.3) is 5.65 Å². The normalized spacial score (nSPS) is 20.3. The summed E-state index contributed by atoms with van der Waals surface area (Å²) in [5, 5.41) is 13.9. The first-order chi connectivity index (χ1) is 16.1. The number of fused-ring (bicyclic) bond motifs is 1. The van der Waals surface area contributed by atoms with Gasteiger partial charge in [-0.2, -0.15) is 15.1 Å². The lowest BCUT2D eigenvalue weighted by atomic mass is 9.97. The topological polar surface area (TPSA) is 116 Å². The monoisotopic (exact) mass is 443 g/mol. The highest BCUT2D eigenvalue weighted by Gasteiger charge is 2.45. The largest absolute Gasteiger partial charge is 0.326 e. The van der Waals surface area contributed by atoms with Gasteiger partial charge in [0, 0.05) is 48.5 Å². The Balaban J connectivity index is 1.32. The van der Waals surface area contributed by atoms with Crippen molar-refractivity contribution in [3.63, 3.8) is 0 Å². The zero-order valence-corrected chi connectivity index (χ0v) is 18.3. The van der Waals surface area contributed by atoms with E-state index in [4.69, 9.17) is 9.97 Å². The Hall–Kier alpha value is -3.95. The van der Waals surface area contributed by atoms with E-state index in [2.05, 4.69) is 25.8 Å². The quantitative estimate of drug-likeness (QED) is 0.418. The molecule has 0 radical (unpaired) electrons. The molecule has 1 amide bonds. The molecule has 6 rings (SSSR count). The van der Waals surface area contributed by atoms with Crippen molar-refractivity contribution in [1.82, 2.24) is 29.5 Å². The van der Waals surface area contributed by atoms with Crippen LogP contribution in [0.4, 0.5) is 23.4 Å². The maximum Gasteiger partial charge on any atom is 0.250 e. The number of pyridine rings is 1. The van der Waals surface area contributed by atoms with Crippen molar-refractivity contribution in [2.24, 2.45) is 0 Å². The Bertz CT molecular complexity index is 1310. The zero-order chi connectivity index (χ0) is 22.4. The van der Waals surface area contributed by atoms with Gasteiger partial charge in [-0.25, -0.2) is 0 Å². The molecule has 4 aromatic heterocycles. The molecule has 0 bridgehead atoms. The van der Waals surface area contributed by atoms with E-state index in [9.17, 15) is 4.79 Å². The lowest BCUT2D eigenvalue weighted by molar-refractivity contribution is -0.120. The van der Waals surface area contributed by atoms with E-state index in [-0.39, 0.29) is 5.91 Å². The SMILES string of the molecule is C[C@@]1(C(=O)Nc2ccncc2)CCCN1c1nc(Nc2cc(C3CC3)[nH]n2)n2cccc2n1. The van der Waals surface area contributed by atoms with Gasteiger partial charge in [-0.1, -0.05) is 0 Å². The van der Waals surface area contributed by atoms with E-state index < -0.39 is 5.54 Å². The average molecular weight is 444 g/mol. The summed E-state index contributed by atoms with van der Waals surface area (Å²) in [5.74, 6) is 2.35. The van der Waals surface area contributed by atoms with Gasteiger partial charge in [-0.15, -0.1) is 0 Å². The second kappa shape index (κ2) is 7.58. The third-order valence-corrected chi connectivity index (χ3v) is 6.54. The molecule has 4 aromatic rings. The van der Waals surface area contributed by atoms with E-state index >= 15 is 0 Å². The fourth-order valence-electron chi connectivity index (χ4n) is 4.47. The van der Waals surface area contributed by atoms with Crippen LogP contribution in [-0.2, 0) is 4.79 Å². The first kappa shape index (κ1) is 19.7. The molecule has 0 spiro atoms. The molecule has 10 heteroatoms. The number of carbonyl (C=O) groups excluding carboxylic acids is 1. The predicted molar refractivity (Wildman–Crippen MR) is 125 cm³/mol. The van der Waals surface area contributed by atoms with Crippen LogP contribution in [0.5, 0.6) is 0 Å². The molecule has 1 aliphatic heterocycles. The van der Waals surface area contributed by atoms with E-state index in [0.717, 1.165) is 29.3 Å². The number of anilines is 4. The van der Waals surface area contributed by atoms with Crippen molar-refractivity contribution >= 4 is 35.0 Å². The number of hydrogen-bond donors (Lipinski definition) is 3. The third-order valence-electron chi connectivity index (χ3n) is 6.54. The first-order valence-corrected chi connectivity index (χ1v) is 11.3. The lowest BCUT2D eigenvalue weighted by Gasteiger charge is -2.34. The van der Waals surface area contributed by atoms with Crippen molar-refractivity contribution in [1.29, 1.82) is 0 Å². The summed E-state index contributed by atoms with van der Waals surface area (Å²) in [6, 6.07) is 9.47. The number of nitrogens with zero attached hydrogens (tertiary/aromatic N) is 6. The van der Waals surface area contributed by atoms with Gasteiger partial charge in [0.2, 0.25) is 17.8 Å². The summed E-state index contributed by atoms with van der Waals surface area (Å²) in [4.78, 5) is 28.9. The molecular weight excluding hydrogens is 418 g/mol. The van der Waals surface area contributed by atoms with E-state index in [1.54, 1.807) is 24.5 Å². The molecule has 1 aliphatic carbocycles. The van der Waals surface area contributed by atoms with E-state index in [0.29, 0.717) is 30.8 Å². The predicted octanol–water partition coefficient (Wildman–Crippen LogP) is 3.47. The molecule has 2 aliphatic rings. The molecule has 5 heterocycles. The van der Waals surface area contributed by atoms with Crippen LogP contribution >= 0.6 is 0 Å². The molecule has 10 nitrogen and oxygen atoms in total. The van der Waals surface area contributed by atoms with Crippen LogP contribution in [-0.4, -0.2) is 47.5 Å². The van der Waals surface area contributed by atoms with Gasteiger partial charge < -0.3 is 15.5 Å². The minimum absolute atomic E-state index is 0.0825. The van der Waals surface area contributed by atoms with Crippen LogP contribution < -0.4 is 15.5 Å². The molecule has 0 unspecified atom stereocenters. The molecular formula is C23H25N9O. The molecule has 0 aromatic carbocycles. The second-order valence-electron chi connectivity index (χ2n) is 8.91.